The largest absolute Gasteiger partial charge is 0.324 e. The summed E-state index contributed by atoms with van der Waals surface area (Å²) < 4.78 is 0. The van der Waals surface area contributed by atoms with Gasteiger partial charge in [-0.25, -0.2) is 0 Å². The summed E-state index contributed by atoms with van der Waals surface area (Å²) in [4.78, 5) is 25.7. The number of anilines is 2. The number of rotatable bonds is 4. The number of nitrogens with one attached hydrogen (secondary N) is 1. The first-order valence-corrected chi connectivity index (χ1v) is 8.07. The van der Waals surface area contributed by atoms with Crippen LogP contribution in [0.5, 0.6) is 0 Å². The highest BCUT2D eigenvalue weighted by Gasteiger charge is 2.17. The van der Waals surface area contributed by atoms with Crippen molar-refractivity contribution in [3.05, 3.63) is 58.1 Å². The van der Waals surface area contributed by atoms with Crippen LogP contribution in [0.2, 0.25) is 5.02 Å². The van der Waals surface area contributed by atoms with Gasteiger partial charge in [0.1, 0.15) is 6.54 Å². The van der Waals surface area contributed by atoms with E-state index in [4.69, 9.17) is 11.6 Å². The van der Waals surface area contributed by atoms with Gasteiger partial charge in [-0.05, 0) is 50.1 Å². The van der Waals surface area contributed by atoms with E-state index in [1.807, 2.05) is 45.0 Å². The fourth-order valence-corrected chi connectivity index (χ4v) is 2.60. The minimum absolute atomic E-state index is 0.0674. The zero-order valence-corrected chi connectivity index (χ0v) is 15.1. The molecule has 0 aliphatic rings. The van der Waals surface area contributed by atoms with E-state index >= 15 is 0 Å². The predicted octanol–water partition coefficient (Wildman–Crippen LogP) is 4.26. The number of hydrogen-bond acceptors (Lipinski definition) is 2. The quantitative estimate of drug-likeness (QED) is 0.901. The van der Waals surface area contributed by atoms with Crippen molar-refractivity contribution in [1.82, 2.24) is 0 Å². The number of aryl methyl sites for hydroxylation is 3. The summed E-state index contributed by atoms with van der Waals surface area (Å²) in [6.45, 7) is 7.18. The van der Waals surface area contributed by atoms with Gasteiger partial charge >= 0.3 is 0 Å². The Morgan fingerprint density at radius 1 is 1.04 bits per heavy atom. The SMILES string of the molecule is CC(=O)N(CC(=O)Nc1ccc(C)cc1C)c1ccc(C)c(Cl)c1. The van der Waals surface area contributed by atoms with Crippen molar-refractivity contribution in [3.8, 4) is 0 Å². The molecular formula is C19H21ClN2O2. The lowest BCUT2D eigenvalue weighted by Gasteiger charge is -2.21. The van der Waals surface area contributed by atoms with Gasteiger partial charge in [0.05, 0.1) is 0 Å². The molecule has 0 aromatic heterocycles. The predicted molar refractivity (Wildman–Crippen MR) is 98.8 cm³/mol. The minimum Gasteiger partial charge on any atom is -0.324 e. The molecule has 0 fully saturated rings. The number of carbonyl (C=O) groups excluding carboxylic acids is 2. The number of halogens is 1. The number of hydrogen-bond donors (Lipinski definition) is 1. The van der Waals surface area contributed by atoms with Gasteiger partial charge in [-0.3, -0.25) is 9.59 Å². The van der Waals surface area contributed by atoms with Crippen LogP contribution < -0.4 is 10.2 Å². The summed E-state index contributed by atoms with van der Waals surface area (Å²) in [7, 11) is 0. The van der Waals surface area contributed by atoms with Gasteiger partial charge in [0.2, 0.25) is 11.8 Å². The summed E-state index contributed by atoms with van der Waals surface area (Å²) in [5, 5.41) is 3.42. The van der Waals surface area contributed by atoms with E-state index in [0.717, 1.165) is 22.4 Å². The molecule has 2 rings (SSSR count). The molecule has 24 heavy (non-hydrogen) atoms. The number of carbonyl (C=O) groups is 2. The molecule has 0 unspecified atom stereocenters. The second kappa shape index (κ2) is 7.49. The van der Waals surface area contributed by atoms with Crippen LogP contribution in [0.4, 0.5) is 11.4 Å². The van der Waals surface area contributed by atoms with Crippen molar-refractivity contribution in [3.63, 3.8) is 0 Å². The highest BCUT2D eigenvalue weighted by atomic mass is 35.5. The van der Waals surface area contributed by atoms with E-state index in [9.17, 15) is 9.59 Å². The van der Waals surface area contributed by atoms with Crippen LogP contribution in [0.15, 0.2) is 36.4 Å². The van der Waals surface area contributed by atoms with Gasteiger partial charge in [-0.1, -0.05) is 35.4 Å². The van der Waals surface area contributed by atoms with Crippen LogP contribution in [0.1, 0.15) is 23.6 Å². The molecule has 5 heteroatoms. The van der Waals surface area contributed by atoms with Crippen molar-refractivity contribution < 1.29 is 9.59 Å². The second-order valence-electron chi connectivity index (χ2n) is 5.91. The average Bonchev–Trinajstić information content (AvgIpc) is 2.50. The van der Waals surface area contributed by atoms with Crippen LogP contribution in [-0.2, 0) is 9.59 Å². The molecule has 0 saturated heterocycles. The summed E-state index contributed by atoms with van der Waals surface area (Å²) in [6.07, 6.45) is 0. The zero-order chi connectivity index (χ0) is 17.9. The Kier molecular flexibility index (Phi) is 5.62. The van der Waals surface area contributed by atoms with Crippen molar-refractivity contribution in [2.24, 2.45) is 0 Å². The normalized spacial score (nSPS) is 10.4. The molecule has 4 nitrogen and oxygen atoms in total. The Balaban J connectivity index is 2.16. The maximum Gasteiger partial charge on any atom is 0.244 e. The minimum atomic E-state index is -0.256. The maximum atomic E-state index is 12.4. The third-order valence-corrected chi connectivity index (χ3v) is 4.21. The van der Waals surface area contributed by atoms with E-state index in [1.54, 1.807) is 12.1 Å². The first kappa shape index (κ1) is 18.0. The van der Waals surface area contributed by atoms with Crippen molar-refractivity contribution in [2.45, 2.75) is 27.7 Å². The lowest BCUT2D eigenvalue weighted by molar-refractivity contribution is -0.120. The van der Waals surface area contributed by atoms with Crippen LogP contribution in [0.3, 0.4) is 0 Å². The summed E-state index contributed by atoms with van der Waals surface area (Å²) >= 11 is 6.13. The number of nitrogens with zero attached hydrogens (tertiary/aromatic N) is 1. The van der Waals surface area contributed by atoms with Crippen LogP contribution in [0, 0.1) is 20.8 Å². The Hall–Kier alpha value is -2.33. The Morgan fingerprint density at radius 3 is 2.33 bits per heavy atom. The fraction of sp³-hybridized carbons (Fsp3) is 0.263. The second-order valence-corrected chi connectivity index (χ2v) is 6.31. The number of benzene rings is 2. The van der Waals surface area contributed by atoms with Crippen LogP contribution in [-0.4, -0.2) is 18.4 Å². The molecule has 1 N–H and O–H groups in total. The molecule has 0 atom stereocenters. The molecule has 2 aromatic rings. The molecule has 0 bridgehead atoms. The molecule has 0 heterocycles. The van der Waals surface area contributed by atoms with Crippen molar-refractivity contribution in [1.29, 1.82) is 0 Å². The molecule has 0 radical (unpaired) electrons. The third-order valence-electron chi connectivity index (χ3n) is 3.80. The van der Waals surface area contributed by atoms with Gasteiger partial charge in [0.25, 0.3) is 0 Å². The number of amides is 2. The van der Waals surface area contributed by atoms with E-state index in [-0.39, 0.29) is 18.4 Å². The first-order chi connectivity index (χ1) is 11.3. The lowest BCUT2D eigenvalue weighted by atomic mass is 10.1. The third kappa shape index (κ3) is 4.36. The van der Waals surface area contributed by atoms with Crippen molar-refractivity contribution in [2.75, 3.05) is 16.8 Å². The van der Waals surface area contributed by atoms with E-state index in [1.165, 1.54) is 11.8 Å². The van der Waals surface area contributed by atoms with Gasteiger partial charge in [0.15, 0.2) is 0 Å². The topological polar surface area (TPSA) is 49.4 Å². The average molecular weight is 345 g/mol. The standard InChI is InChI=1S/C19H21ClN2O2/c1-12-5-8-18(14(3)9-12)21-19(24)11-22(15(4)23)16-7-6-13(2)17(20)10-16/h5-10H,11H2,1-4H3,(H,21,24). The molecular weight excluding hydrogens is 324 g/mol. The van der Waals surface area contributed by atoms with Crippen LogP contribution in [0.25, 0.3) is 0 Å². The van der Waals surface area contributed by atoms with Gasteiger partial charge in [-0.2, -0.15) is 0 Å². The summed E-state index contributed by atoms with van der Waals surface area (Å²) in [5.41, 5.74) is 4.38. The first-order valence-electron chi connectivity index (χ1n) is 7.69. The van der Waals surface area contributed by atoms with Gasteiger partial charge in [0, 0.05) is 23.3 Å². The Bertz CT molecular complexity index is 787. The van der Waals surface area contributed by atoms with E-state index < -0.39 is 0 Å². The summed E-state index contributed by atoms with van der Waals surface area (Å²) in [6, 6.07) is 11.1. The molecule has 2 amide bonds. The summed E-state index contributed by atoms with van der Waals surface area (Å²) in [5.74, 6) is -0.473. The van der Waals surface area contributed by atoms with Crippen LogP contribution >= 0.6 is 11.6 Å². The Morgan fingerprint density at radius 2 is 1.75 bits per heavy atom. The molecule has 0 saturated carbocycles. The molecule has 0 aliphatic carbocycles. The van der Waals surface area contributed by atoms with E-state index in [0.29, 0.717) is 10.7 Å². The monoisotopic (exact) mass is 344 g/mol. The smallest absolute Gasteiger partial charge is 0.244 e. The molecule has 126 valence electrons. The highest BCUT2D eigenvalue weighted by molar-refractivity contribution is 6.31. The van der Waals surface area contributed by atoms with Gasteiger partial charge < -0.3 is 10.2 Å². The van der Waals surface area contributed by atoms with Gasteiger partial charge in [-0.15, -0.1) is 0 Å². The lowest BCUT2D eigenvalue weighted by Crippen LogP contribution is -2.36. The zero-order valence-electron chi connectivity index (χ0n) is 14.3. The molecule has 0 spiro atoms. The van der Waals surface area contributed by atoms with Crippen molar-refractivity contribution >= 4 is 34.8 Å². The maximum absolute atomic E-state index is 12.4. The van der Waals surface area contributed by atoms with E-state index in [2.05, 4.69) is 5.32 Å². The fourth-order valence-electron chi connectivity index (χ4n) is 2.42. The highest BCUT2D eigenvalue weighted by Crippen LogP contribution is 2.23. The molecule has 0 aliphatic heterocycles. The molecule has 2 aromatic carbocycles. The Labute approximate surface area is 147 Å².